The lowest BCUT2D eigenvalue weighted by molar-refractivity contribution is 0.990. The van der Waals surface area contributed by atoms with Crippen LogP contribution in [-0.4, -0.2) is 15.2 Å². The van der Waals surface area contributed by atoms with Gasteiger partial charge in [-0.3, -0.25) is 0 Å². The molecule has 1 N–H and O–H groups in total. The molecular formula is C21H15BrN4. The molecule has 0 aliphatic rings. The summed E-state index contributed by atoms with van der Waals surface area (Å²) in [5, 5.41) is 11.9. The van der Waals surface area contributed by atoms with Gasteiger partial charge in [0.1, 0.15) is 11.4 Å². The molecule has 0 saturated heterocycles. The van der Waals surface area contributed by atoms with Crippen LogP contribution in [0.2, 0.25) is 0 Å². The van der Waals surface area contributed by atoms with Crippen molar-refractivity contribution in [3.63, 3.8) is 0 Å². The standard InChI is InChI=1S/C21H15BrN4/c22-17-11-13-18(14-12-17)23-21-24-19(15-7-3-1-4-8-15)20(25-26-21)16-9-5-2-6-10-16/h1-14H,(H,23,24,26). The van der Waals surface area contributed by atoms with Crippen molar-refractivity contribution in [1.82, 2.24) is 15.2 Å². The van der Waals surface area contributed by atoms with Crippen molar-refractivity contribution in [1.29, 1.82) is 0 Å². The zero-order valence-electron chi connectivity index (χ0n) is 13.8. The Kier molecular flexibility index (Phi) is 4.71. The molecule has 0 spiro atoms. The molecule has 0 atom stereocenters. The molecule has 5 heteroatoms. The van der Waals surface area contributed by atoms with Gasteiger partial charge in [0.2, 0.25) is 5.95 Å². The fourth-order valence-corrected chi connectivity index (χ4v) is 2.89. The van der Waals surface area contributed by atoms with Crippen molar-refractivity contribution in [3.05, 3.63) is 89.4 Å². The Hall–Kier alpha value is -3.05. The summed E-state index contributed by atoms with van der Waals surface area (Å²) in [6, 6.07) is 27.9. The van der Waals surface area contributed by atoms with Gasteiger partial charge in [0.05, 0.1) is 0 Å². The summed E-state index contributed by atoms with van der Waals surface area (Å²) < 4.78 is 1.02. The van der Waals surface area contributed by atoms with E-state index in [2.05, 4.69) is 31.4 Å². The van der Waals surface area contributed by atoms with Gasteiger partial charge in [0.25, 0.3) is 0 Å². The summed E-state index contributed by atoms with van der Waals surface area (Å²) in [4.78, 5) is 4.74. The van der Waals surface area contributed by atoms with Gasteiger partial charge in [-0.05, 0) is 24.3 Å². The van der Waals surface area contributed by atoms with E-state index in [0.717, 1.165) is 32.7 Å². The third-order valence-electron chi connectivity index (χ3n) is 3.88. The second-order valence-electron chi connectivity index (χ2n) is 5.70. The average Bonchev–Trinajstić information content (AvgIpc) is 2.71. The molecular weight excluding hydrogens is 388 g/mol. The molecule has 0 unspecified atom stereocenters. The van der Waals surface area contributed by atoms with Crippen molar-refractivity contribution in [2.45, 2.75) is 0 Å². The Labute approximate surface area is 160 Å². The Morgan fingerprint density at radius 2 is 1.19 bits per heavy atom. The van der Waals surface area contributed by atoms with Crippen molar-refractivity contribution < 1.29 is 0 Å². The molecule has 0 bridgehead atoms. The molecule has 4 aromatic rings. The number of nitrogens with zero attached hydrogens (tertiary/aromatic N) is 3. The first kappa shape index (κ1) is 16.4. The summed E-state index contributed by atoms with van der Waals surface area (Å²) >= 11 is 3.44. The van der Waals surface area contributed by atoms with Crippen molar-refractivity contribution in [2.24, 2.45) is 0 Å². The minimum Gasteiger partial charge on any atom is -0.323 e. The van der Waals surface area contributed by atoms with Crippen LogP contribution < -0.4 is 5.32 Å². The Balaban J connectivity index is 1.78. The zero-order chi connectivity index (χ0) is 17.8. The van der Waals surface area contributed by atoms with Crippen LogP contribution in [0.25, 0.3) is 22.5 Å². The number of rotatable bonds is 4. The van der Waals surface area contributed by atoms with Gasteiger partial charge in [-0.25, -0.2) is 4.98 Å². The number of hydrogen-bond donors (Lipinski definition) is 1. The SMILES string of the molecule is Brc1ccc(Nc2nnc(-c3ccccc3)c(-c3ccccc3)n2)cc1. The molecule has 0 saturated carbocycles. The van der Waals surface area contributed by atoms with E-state index in [1.54, 1.807) is 0 Å². The predicted molar refractivity (Wildman–Crippen MR) is 108 cm³/mol. The maximum absolute atomic E-state index is 4.74. The smallest absolute Gasteiger partial charge is 0.247 e. The third-order valence-corrected chi connectivity index (χ3v) is 4.41. The van der Waals surface area contributed by atoms with E-state index < -0.39 is 0 Å². The van der Waals surface area contributed by atoms with Gasteiger partial charge in [0, 0.05) is 21.3 Å². The fraction of sp³-hybridized carbons (Fsp3) is 0. The molecule has 0 radical (unpaired) electrons. The van der Waals surface area contributed by atoms with Crippen LogP contribution in [-0.2, 0) is 0 Å². The zero-order valence-corrected chi connectivity index (χ0v) is 15.4. The van der Waals surface area contributed by atoms with Gasteiger partial charge in [0.15, 0.2) is 0 Å². The van der Waals surface area contributed by atoms with Crippen LogP contribution in [0, 0.1) is 0 Å². The van der Waals surface area contributed by atoms with Crippen LogP contribution >= 0.6 is 15.9 Å². The predicted octanol–water partition coefficient (Wildman–Crippen LogP) is 5.71. The molecule has 0 fully saturated rings. The summed E-state index contributed by atoms with van der Waals surface area (Å²) in [5.74, 6) is 0.464. The monoisotopic (exact) mass is 402 g/mol. The highest BCUT2D eigenvalue weighted by Crippen LogP contribution is 2.29. The van der Waals surface area contributed by atoms with Gasteiger partial charge in [-0.1, -0.05) is 76.6 Å². The normalized spacial score (nSPS) is 10.5. The Morgan fingerprint density at radius 1 is 0.615 bits per heavy atom. The minimum atomic E-state index is 0.464. The molecule has 1 aromatic heterocycles. The molecule has 26 heavy (non-hydrogen) atoms. The van der Waals surface area contributed by atoms with Gasteiger partial charge < -0.3 is 5.32 Å². The topological polar surface area (TPSA) is 50.7 Å². The Morgan fingerprint density at radius 3 is 1.81 bits per heavy atom. The van der Waals surface area contributed by atoms with Crippen molar-refractivity contribution in [2.75, 3.05) is 5.32 Å². The molecule has 0 aliphatic carbocycles. The summed E-state index contributed by atoms with van der Waals surface area (Å²) in [7, 11) is 0. The van der Waals surface area contributed by atoms with E-state index in [9.17, 15) is 0 Å². The lowest BCUT2D eigenvalue weighted by atomic mass is 10.0. The number of aromatic nitrogens is 3. The highest BCUT2D eigenvalue weighted by Gasteiger charge is 2.13. The average molecular weight is 403 g/mol. The minimum absolute atomic E-state index is 0.464. The van der Waals surface area contributed by atoms with E-state index in [-0.39, 0.29) is 0 Å². The van der Waals surface area contributed by atoms with Crippen LogP contribution in [0.1, 0.15) is 0 Å². The first-order valence-corrected chi connectivity index (χ1v) is 8.97. The lowest BCUT2D eigenvalue weighted by Crippen LogP contribution is -2.03. The summed E-state index contributed by atoms with van der Waals surface area (Å²) in [5.41, 5.74) is 4.45. The van der Waals surface area contributed by atoms with Crippen LogP contribution in [0.3, 0.4) is 0 Å². The van der Waals surface area contributed by atoms with E-state index in [4.69, 9.17) is 4.98 Å². The maximum Gasteiger partial charge on any atom is 0.247 e. The second kappa shape index (κ2) is 7.45. The fourth-order valence-electron chi connectivity index (χ4n) is 2.63. The molecule has 0 amide bonds. The van der Waals surface area contributed by atoms with Gasteiger partial charge in [-0.2, -0.15) is 0 Å². The summed E-state index contributed by atoms with van der Waals surface area (Å²) in [6.07, 6.45) is 0. The number of halogens is 1. The van der Waals surface area contributed by atoms with Crippen LogP contribution in [0.5, 0.6) is 0 Å². The number of anilines is 2. The van der Waals surface area contributed by atoms with Gasteiger partial charge >= 0.3 is 0 Å². The first-order chi connectivity index (χ1) is 12.8. The molecule has 126 valence electrons. The molecule has 0 aliphatic heterocycles. The van der Waals surface area contributed by atoms with Crippen LogP contribution in [0.4, 0.5) is 11.6 Å². The van der Waals surface area contributed by atoms with E-state index >= 15 is 0 Å². The molecule has 1 heterocycles. The van der Waals surface area contributed by atoms with E-state index in [0.29, 0.717) is 5.95 Å². The first-order valence-electron chi connectivity index (χ1n) is 8.18. The quantitative estimate of drug-likeness (QED) is 0.474. The van der Waals surface area contributed by atoms with Crippen molar-refractivity contribution in [3.8, 4) is 22.5 Å². The van der Waals surface area contributed by atoms with Crippen molar-refractivity contribution >= 4 is 27.6 Å². The van der Waals surface area contributed by atoms with Crippen LogP contribution in [0.15, 0.2) is 89.4 Å². The molecule has 4 nitrogen and oxygen atoms in total. The highest BCUT2D eigenvalue weighted by molar-refractivity contribution is 9.10. The lowest BCUT2D eigenvalue weighted by Gasteiger charge is -2.10. The number of hydrogen-bond acceptors (Lipinski definition) is 4. The number of benzene rings is 3. The maximum atomic E-state index is 4.74. The molecule has 3 aromatic carbocycles. The number of nitrogens with one attached hydrogen (secondary N) is 1. The Bertz CT molecular complexity index is 1000. The largest absolute Gasteiger partial charge is 0.323 e. The highest BCUT2D eigenvalue weighted by atomic mass is 79.9. The van der Waals surface area contributed by atoms with E-state index in [1.165, 1.54) is 0 Å². The summed E-state index contributed by atoms with van der Waals surface area (Å²) in [6.45, 7) is 0. The molecule has 4 rings (SSSR count). The van der Waals surface area contributed by atoms with Gasteiger partial charge in [-0.15, -0.1) is 10.2 Å². The second-order valence-corrected chi connectivity index (χ2v) is 6.61. The van der Waals surface area contributed by atoms with E-state index in [1.807, 2.05) is 84.9 Å². The third kappa shape index (κ3) is 3.63.